The van der Waals surface area contributed by atoms with Gasteiger partial charge in [0, 0.05) is 30.3 Å². The Morgan fingerprint density at radius 2 is 1.95 bits per heavy atom. The van der Waals surface area contributed by atoms with Gasteiger partial charge in [0.1, 0.15) is 11.6 Å². The van der Waals surface area contributed by atoms with E-state index in [0.29, 0.717) is 12.3 Å². The zero-order chi connectivity index (χ0) is 16.1. The summed E-state index contributed by atoms with van der Waals surface area (Å²) < 4.78 is 18.6. The normalized spacial score (nSPS) is 12.0. The fourth-order valence-corrected chi connectivity index (χ4v) is 2.16. The summed E-state index contributed by atoms with van der Waals surface area (Å²) in [6, 6.07) is 10.6. The number of rotatable bonds is 6. The first kappa shape index (κ1) is 15.9. The van der Waals surface area contributed by atoms with Crippen LogP contribution in [0.15, 0.2) is 42.5 Å². The summed E-state index contributed by atoms with van der Waals surface area (Å²) in [5.74, 6) is 0.296. The van der Waals surface area contributed by atoms with Gasteiger partial charge in [0.15, 0.2) is 0 Å². The van der Waals surface area contributed by atoms with Crippen molar-refractivity contribution >= 4 is 5.69 Å². The third-order valence-electron chi connectivity index (χ3n) is 3.42. The van der Waals surface area contributed by atoms with Crippen molar-refractivity contribution < 1.29 is 14.1 Å². The molecule has 0 amide bonds. The van der Waals surface area contributed by atoms with Crippen LogP contribution in [0.25, 0.3) is 0 Å². The van der Waals surface area contributed by atoms with Gasteiger partial charge in [0.25, 0.3) is 5.69 Å². The van der Waals surface area contributed by atoms with Crippen LogP contribution in [0, 0.1) is 15.9 Å². The predicted octanol–water partition coefficient (Wildman–Crippen LogP) is 3.59. The van der Waals surface area contributed by atoms with Crippen molar-refractivity contribution in [2.24, 2.45) is 0 Å². The minimum atomic E-state index is -0.433. The van der Waals surface area contributed by atoms with Crippen LogP contribution in [0.4, 0.5) is 10.1 Å². The molecule has 0 aliphatic carbocycles. The van der Waals surface area contributed by atoms with Crippen molar-refractivity contribution in [3.05, 3.63) is 69.5 Å². The van der Waals surface area contributed by atoms with Crippen LogP contribution in [0.2, 0.25) is 0 Å². The quantitative estimate of drug-likeness (QED) is 0.654. The number of nitrogens with zero attached hydrogens (tertiary/aromatic N) is 1. The van der Waals surface area contributed by atoms with E-state index in [1.54, 1.807) is 25.3 Å². The van der Waals surface area contributed by atoms with Crippen molar-refractivity contribution in [3.63, 3.8) is 0 Å². The largest absolute Gasteiger partial charge is 0.496 e. The molecule has 0 aromatic heterocycles. The van der Waals surface area contributed by atoms with E-state index in [-0.39, 0.29) is 17.5 Å². The van der Waals surface area contributed by atoms with Gasteiger partial charge in [-0.2, -0.15) is 0 Å². The second-order valence-corrected chi connectivity index (χ2v) is 4.91. The van der Waals surface area contributed by atoms with Gasteiger partial charge >= 0.3 is 0 Å². The topological polar surface area (TPSA) is 64.4 Å². The molecule has 1 unspecified atom stereocenters. The maximum atomic E-state index is 13.4. The molecule has 0 aliphatic rings. The highest BCUT2D eigenvalue weighted by molar-refractivity contribution is 5.36. The van der Waals surface area contributed by atoms with Crippen molar-refractivity contribution in [2.45, 2.75) is 19.5 Å². The second-order valence-electron chi connectivity index (χ2n) is 4.91. The lowest BCUT2D eigenvalue weighted by Gasteiger charge is -2.17. The molecule has 0 spiro atoms. The number of methoxy groups -OCH3 is 1. The number of nitrogens with one attached hydrogen (secondary N) is 1. The molecule has 0 saturated carbocycles. The van der Waals surface area contributed by atoms with Gasteiger partial charge in [0.2, 0.25) is 0 Å². The Morgan fingerprint density at radius 3 is 2.55 bits per heavy atom. The molecule has 0 heterocycles. The first-order valence-corrected chi connectivity index (χ1v) is 6.81. The average molecular weight is 304 g/mol. The third kappa shape index (κ3) is 3.79. The van der Waals surface area contributed by atoms with Crippen molar-refractivity contribution in [2.75, 3.05) is 7.11 Å². The van der Waals surface area contributed by atoms with Crippen LogP contribution in [-0.2, 0) is 6.54 Å². The summed E-state index contributed by atoms with van der Waals surface area (Å²) >= 11 is 0. The van der Waals surface area contributed by atoms with Gasteiger partial charge in [-0.15, -0.1) is 0 Å². The smallest absolute Gasteiger partial charge is 0.269 e. The molecule has 0 saturated heterocycles. The number of ether oxygens (including phenoxy) is 1. The molecule has 6 heteroatoms. The Labute approximate surface area is 127 Å². The highest BCUT2D eigenvalue weighted by atomic mass is 19.1. The Hall–Kier alpha value is -2.47. The highest BCUT2D eigenvalue weighted by Crippen LogP contribution is 2.26. The molecule has 1 N–H and O–H groups in total. The van der Waals surface area contributed by atoms with E-state index >= 15 is 0 Å². The maximum absolute atomic E-state index is 13.4. The van der Waals surface area contributed by atoms with E-state index in [0.717, 1.165) is 11.1 Å². The molecule has 116 valence electrons. The molecule has 22 heavy (non-hydrogen) atoms. The zero-order valence-electron chi connectivity index (χ0n) is 12.4. The van der Waals surface area contributed by atoms with Crippen LogP contribution in [0.5, 0.6) is 5.75 Å². The molecule has 5 nitrogen and oxygen atoms in total. The molecule has 0 bridgehead atoms. The fourth-order valence-electron chi connectivity index (χ4n) is 2.16. The third-order valence-corrected chi connectivity index (χ3v) is 3.42. The second kappa shape index (κ2) is 7.00. The van der Waals surface area contributed by atoms with Gasteiger partial charge < -0.3 is 10.1 Å². The molecular formula is C16H17FN2O3. The molecule has 0 aliphatic heterocycles. The lowest BCUT2D eigenvalue weighted by Crippen LogP contribution is -2.18. The number of nitro benzene ring substituents is 1. The van der Waals surface area contributed by atoms with Crippen molar-refractivity contribution in [1.82, 2.24) is 5.32 Å². The van der Waals surface area contributed by atoms with E-state index in [2.05, 4.69) is 5.32 Å². The van der Waals surface area contributed by atoms with Crippen LogP contribution in [0.1, 0.15) is 24.1 Å². The van der Waals surface area contributed by atoms with Crippen LogP contribution in [-0.4, -0.2) is 12.0 Å². The molecule has 1 atom stereocenters. The summed E-state index contributed by atoms with van der Waals surface area (Å²) in [6.45, 7) is 2.42. The number of halogens is 1. The number of hydrogen-bond donors (Lipinski definition) is 1. The summed E-state index contributed by atoms with van der Waals surface area (Å²) in [5.41, 5.74) is 1.70. The highest BCUT2D eigenvalue weighted by Gasteiger charge is 2.12. The zero-order valence-corrected chi connectivity index (χ0v) is 12.4. The number of nitro groups is 1. The van der Waals surface area contributed by atoms with Crippen LogP contribution < -0.4 is 10.1 Å². The monoisotopic (exact) mass is 304 g/mol. The van der Waals surface area contributed by atoms with E-state index in [1.807, 2.05) is 6.92 Å². The maximum Gasteiger partial charge on any atom is 0.269 e. The first-order valence-electron chi connectivity index (χ1n) is 6.81. The van der Waals surface area contributed by atoms with Gasteiger partial charge in [-0.05, 0) is 30.7 Å². The minimum absolute atomic E-state index is 0.0589. The Morgan fingerprint density at radius 1 is 1.27 bits per heavy atom. The molecule has 2 rings (SSSR count). The van der Waals surface area contributed by atoms with Gasteiger partial charge in [-0.1, -0.05) is 12.1 Å². The average Bonchev–Trinajstić information content (AvgIpc) is 2.53. The van der Waals surface area contributed by atoms with E-state index in [1.165, 1.54) is 24.3 Å². The van der Waals surface area contributed by atoms with Crippen molar-refractivity contribution in [1.29, 1.82) is 0 Å². The molecule has 2 aromatic rings. The Bertz CT molecular complexity index is 659. The van der Waals surface area contributed by atoms with Crippen molar-refractivity contribution in [3.8, 4) is 5.75 Å². The van der Waals surface area contributed by atoms with E-state index in [4.69, 9.17) is 4.74 Å². The lowest BCUT2D eigenvalue weighted by atomic mass is 10.1. The molecule has 0 radical (unpaired) electrons. The summed E-state index contributed by atoms with van der Waals surface area (Å²) in [4.78, 5) is 10.2. The SMILES string of the molecule is COc1ccc(F)cc1C(C)NCc1ccc([N+](=O)[O-])cc1. The summed E-state index contributed by atoms with van der Waals surface area (Å²) in [6.07, 6.45) is 0. The minimum Gasteiger partial charge on any atom is -0.496 e. The molecule has 2 aromatic carbocycles. The standard InChI is InChI=1S/C16H17FN2O3/c1-11(15-9-13(17)5-8-16(15)22-2)18-10-12-3-6-14(7-4-12)19(20)21/h3-9,11,18H,10H2,1-2H3. The van der Waals surface area contributed by atoms with Crippen LogP contribution >= 0.6 is 0 Å². The number of non-ortho nitro benzene ring substituents is 1. The predicted molar refractivity (Wildman–Crippen MR) is 81.3 cm³/mol. The van der Waals surface area contributed by atoms with E-state index in [9.17, 15) is 14.5 Å². The van der Waals surface area contributed by atoms with Gasteiger partial charge in [0.05, 0.1) is 12.0 Å². The van der Waals surface area contributed by atoms with Crippen LogP contribution in [0.3, 0.4) is 0 Å². The number of hydrogen-bond acceptors (Lipinski definition) is 4. The Balaban J connectivity index is 2.05. The van der Waals surface area contributed by atoms with E-state index < -0.39 is 4.92 Å². The van der Waals surface area contributed by atoms with Gasteiger partial charge in [-0.3, -0.25) is 10.1 Å². The number of benzene rings is 2. The lowest BCUT2D eigenvalue weighted by molar-refractivity contribution is -0.384. The summed E-state index contributed by atoms with van der Waals surface area (Å²) in [5, 5.41) is 13.9. The molecular weight excluding hydrogens is 287 g/mol. The summed E-state index contributed by atoms with van der Waals surface area (Å²) in [7, 11) is 1.54. The Kier molecular flexibility index (Phi) is 5.06. The fraction of sp³-hybridized carbons (Fsp3) is 0.250. The first-order chi connectivity index (χ1) is 10.5. The van der Waals surface area contributed by atoms with Gasteiger partial charge in [-0.25, -0.2) is 4.39 Å². The molecule has 0 fully saturated rings.